The van der Waals surface area contributed by atoms with E-state index in [2.05, 4.69) is 4.72 Å². The normalized spacial score (nSPS) is 19.8. The van der Waals surface area contributed by atoms with Crippen LogP contribution in [0, 0.1) is 0 Å². The van der Waals surface area contributed by atoms with Crippen LogP contribution in [0.5, 0.6) is 5.75 Å². The molecule has 0 spiro atoms. The number of rotatable bonds is 3. The summed E-state index contributed by atoms with van der Waals surface area (Å²) in [6.07, 6.45) is 5.12. The topological polar surface area (TPSA) is 66.4 Å². The maximum atomic E-state index is 12.9. The Hall–Kier alpha value is -1.85. The van der Waals surface area contributed by atoms with Crippen molar-refractivity contribution >= 4 is 10.0 Å². The van der Waals surface area contributed by atoms with Crippen molar-refractivity contribution in [2.75, 3.05) is 0 Å². The number of phenols is 1. The number of nitrogens with one attached hydrogen (secondary N) is 1. The summed E-state index contributed by atoms with van der Waals surface area (Å²) in [5.41, 5.74) is 4.03. The van der Waals surface area contributed by atoms with Crippen LogP contribution in [0.25, 0.3) is 0 Å². The number of sulfonamides is 1. The third kappa shape index (κ3) is 2.72. The fourth-order valence-electron chi connectivity index (χ4n) is 4.00. The largest absolute Gasteiger partial charge is 0.508 e. The minimum absolute atomic E-state index is 0.197. The molecule has 0 bridgehead atoms. The van der Waals surface area contributed by atoms with Gasteiger partial charge in [0.1, 0.15) is 5.75 Å². The lowest BCUT2D eigenvalue weighted by molar-refractivity contribution is 0.467. The highest BCUT2D eigenvalue weighted by Gasteiger charge is 2.30. The van der Waals surface area contributed by atoms with Crippen LogP contribution in [-0.2, 0) is 35.7 Å². The van der Waals surface area contributed by atoms with E-state index in [0.29, 0.717) is 17.7 Å². The zero-order chi connectivity index (χ0) is 16.7. The molecule has 24 heavy (non-hydrogen) atoms. The molecule has 0 radical (unpaired) electrons. The first-order chi connectivity index (χ1) is 11.5. The fraction of sp³-hybridized carbons (Fsp3) is 0.368. The highest BCUT2D eigenvalue weighted by atomic mass is 32.2. The molecule has 2 aromatic rings. The average molecular weight is 343 g/mol. The van der Waals surface area contributed by atoms with Crippen molar-refractivity contribution in [2.45, 2.75) is 49.5 Å². The van der Waals surface area contributed by atoms with Gasteiger partial charge in [-0.15, -0.1) is 0 Å². The molecule has 1 unspecified atom stereocenters. The van der Waals surface area contributed by atoms with Crippen molar-refractivity contribution in [2.24, 2.45) is 0 Å². The highest BCUT2D eigenvalue weighted by Crippen LogP contribution is 2.32. The summed E-state index contributed by atoms with van der Waals surface area (Å²) in [5.74, 6) is 0.256. The van der Waals surface area contributed by atoms with E-state index in [1.165, 1.54) is 0 Å². The summed E-state index contributed by atoms with van der Waals surface area (Å²) < 4.78 is 28.7. The summed E-state index contributed by atoms with van der Waals surface area (Å²) in [6.45, 7) is 0. The third-order valence-electron chi connectivity index (χ3n) is 5.13. The predicted octanol–water partition coefficient (Wildman–Crippen LogP) is 2.72. The zero-order valence-corrected chi connectivity index (χ0v) is 14.3. The van der Waals surface area contributed by atoms with Gasteiger partial charge in [0.2, 0.25) is 10.0 Å². The standard InChI is InChI=1S/C19H21NO3S/c21-18-9-3-7-14-11-15(12-17(14)18)20-24(22,23)19-10-4-6-13-5-1-2-8-16(13)19/h3-4,6-7,9-10,15,20-21H,1-2,5,8,11-12H2. The van der Waals surface area contributed by atoms with Crippen molar-refractivity contribution < 1.29 is 13.5 Å². The van der Waals surface area contributed by atoms with Gasteiger partial charge in [-0.25, -0.2) is 13.1 Å². The Bertz CT molecular complexity index is 889. The van der Waals surface area contributed by atoms with Crippen LogP contribution in [0.15, 0.2) is 41.3 Å². The highest BCUT2D eigenvalue weighted by molar-refractivity contribution is 7.89. The van der Waals surface area contributed by atoms with Gasteiger partial charge in [0.15, 0.2) is 0 Å². The Labute approximate surface area is 142 Å². The van der Waals surface area contributed by atoms with Gasteiger partial charge < -0.3 is 5.11 Å². The van der Waals surface area contributed by atoms with Crippen molar-refractivity contribution in [3.05, 3.63) is 58.7 Å². The maximum absolute atomic E-state index is 12.9. The SMILES string of the molecule is O=S(=O)(NC1Cc2cccc(O)c2C1)c1cccc2c1CCCC2. The Morgan fingerprint density at radius 2 is 1.67 bits per heavy atom. The first-order valence-electron chi connectivity index (χ1n) is 8.47. The first-order valence-corrected chi connectivity index (χ1v) is 9.96. The van der Waals surface area contributed by atoms with Gasteiger partial charge in [-0.05, 0) is 72.9 Å². The van der Waals surface area contributed by atoms with Crippen LogP contribution in [0.2, 0.25) is 0 Å². The van der Waals surface area contributed by atoms with Gasteiger partial charge in [0.25, 0.3) is 0 Å². The smallest absolute Gasteiger partial charge is 0.241 e. The van der Waals surface area contributed by atoms with Crippen LogP contribution >= 0.6 is 0 Å². The van der Waals surface area contributed by atoms with E-state index in [0.717, 1.165) is 47.9 Å². The van der Waals surface area contributed by atoms with Gasteiger partial charge in [-0.2, -0.15) is 0 Å². The lowest BCUT2D eigenvalue weighted by Gasteiger charge is -2.20. The molecule has 2 aromatic carbocycles. The van der Waals surface area contributed by atoms with Gasteiger partial charge in [-0.1, -0.05) is 24.3 Å². The van der Waals surface area contributed by atoms with Gasteiger partial charge in [0, 0.05) is 6.04 Å². The van der Waals surface area contributed by atoms with E-state index < -0.39 is 10.0 Å². The molecule has 0 saturated heterocycles. The van der Waals surface area contributed by atoms with Crippen LogP contribution in [0.1, 0.15) is 35.1 Å². The number of phenolic OH excluding ortho intramolecular Hbond substituents is 1. The monoisotopic (exact) mass is 343 g/mol. The Morgan fingerprint density at radius 3 is 2.50 bits per heavy atom. The number of fused-ring (bicyclic) bond motifs is 2. The van der Waals surface area contributed by atoms with E-state index in [-0.39, 0.29) is 11.8 Å². The number of aryl methyl sites for hydroxylation is 1. The number of aromatic hydroxyl groups is 1. The Morgan fingerprint density at radius 1 is 0.917 bits per heavy atom. The quantitative estimate of drug-likeness (QED) is 0.900. The molecule has 0 fully saturated rings. The van der Waals surface area contributed by atoms with Gasteiger partial charge >= 0.3 is 0 Å². The van der Waals surface area contributed by atoms with E-state index in [1.54, 1.807) is 18.2 Å². The molecule has 4 rings (SSSR count). The van der Waals surface area contributed by atoms with E-state index in [4.69, 9.17) is 0 Å². The molecule has 0 aliphatic heterocycles. The predicted molar refractivity (Wildman–Crippen MR) is 92.7 cm³/mol. The molecule has 5 heteroatoms. The summed E-state index contributed by atoms with van der Waals surface area (Å²) >= 11 is 0. The number of benzene rings is 2. The van der Waals surface area contributed by atoms with Crippen molar-refractivity contribution in [1.82, 2.24) is 4.72 Å². The fourth-order valence-corrected chi connectivity index (χ4v) is 5.54. The lowest BCUT2D eigenvalue weighted by Crippen LogP contribution is -2.36. The Balaban J connectivity index is 1.61. The van der Waals surface area contributed by atoms with Gasteiger partial charge in [-0.3, -0.25) is 0 Å². The second-order valence-corrected chi connectivity index (χ2v) is 8.42. The average Bonchev–Trinajstić information content (AvgIpc) is 2.97. The second kappa shape index (κ2) is 5.90. The van der Waals surface area contributed by atoms with Crippen molar-refractivity contribution in [3.8, 4) is 5.75 Å². The van der Waals surface area contributed by atoms with Crippen molar-refractivity contribution in [1.29, 1.82) is 0 Å². The molecule has 0 amide bonds. The summed E-state index contributed by atoms with van der Waals surface area (Å²) in [6, 6.07) is 10.8. The minimum Gasteiger partial charge on any atom is -0.508 e. The Kier molecular flexibility index (Phi) is 3.85. The molecule has 1 atom stereocenters. The molecular formula is C19H21NO3S. The zero-order valence-electron chi connectivity index (χ0n) is 13.5. The number of hydrogen-bond acceptors (Lipinski definition) is 3. The molecule has 126 valence electrons. The summed E-state index contributed by atoms with van der Waals surface area (Å²) in [7, 11) is -3.55. The molecule has 0 aromatic heterocycles. The van der Waals surface area contributed by atoms with Gasteiger partial charge in [0.05, 0.1) is 4.90 Å². The lowest BCUT2D eigenvalue weighted by atomic mass is 9.92. The molecule has 2 aliphatic carbocycles. The van der Waals surface area contributed by atoms with Crippen LogP contribution < -0.4 is 4.72 Å². The van der Waals surface area contributed by atoms with E-state index >= 15 is 0 Å². The van der Waals surface area contributed by atoms with Crippen LogP contribution in [0.3, 0.4) is 0 Å². The molecule has 4 nitrogen and oxygen atoms in total. The minimum atomic E-state index is -3.55. The van der Waals surface area contributed by atoms with Crippen molar-refractivity contribution in [3.63, 3.8) is 0 Å². The molecule has 2 aliphatic rings. The maximum Gasteiger partial charge on any atom is 0.241 e. The van der Waals surface area contributed by atoms with E-state index in [1.807, 2.05) is 18.2 Å². The molecule has 0 saturated carbocycles. The second-order valence-electron chi connectivity index (χ2n) is 6.74. The van der Waals surface area contributed by atoms with Crippen LogP contribution in [-0.4, -0.2) is 19.6 Å². The van der Waals surface area contributed by atoms with E-state index in [9.17, 15) is 13.5 Å². The first kappa shape index (κ1) is 15.7. The summed E-state index contributed by atoms with van der Waals surface area (Å²) in [5, 5.41) is 9.95. The third-order valence-corrected chi connectivity index (χ3v) is 6.73. The molecular weight excluding hydrogens is 322 g/mol. The molecule has 0 heterocycles. The van der Waals surface area contributed by atoms with Crippen LogP contribution in [0.4, 0.5) is 0 Å². The number of hydrogen-bond donors (Lipinski definition) is 2. The molecule has 2 N–H and O–H groups in total. The summed E-state index contributed by atoms with van der Waals surface area (Å²) in [4.78, 5) is 0.430.